The summed E-state index contributed by atoms with van der Waals surface area (Å²) in [5, 5.41) is 6.58. The van der Waals surface area contributed by atoms with Crippen molar-refractivity contribution in [3.63, 3.8) is 0 Å². The lowest BCUT2D eigenvalue weighted by Gasteiger charge is -2.14. The molecule has 0 aromatic carbocycles. The van der Waals surface area contributed by atoms with Crippen molar-refractivity contribution >= 4 is 45.0 Å². The van der Waals surface area contributed by atoms with Gasteiger partial charge in [-0.3, -0.25) is 18.9 Å². The van der Waals surface area contributed by atoms with Crippen molar-refractivity contribution in [2.24, 2.45) is 5.10 Å². The Morgan fingerprint density at radius 3 is 3.13 bits per heavy atom. The molecule has 3 heterocycles. The Balaban J connectivity index is 1.76. The van der Waals surface area contributed by atoms with Gasteiger partial charge in [0, 0.05) is 18.1 Å². The number of unbranched alkanes of at least 4 members (excludes halogenated alkanes) is 1. The Morgan fingerprint density at radius 1 is 1.52 bits per heavy atom. The average molecular weight is 351 g/mol. The summed E-state index contributed by atoms with van der Waals surface area (Å²) >= 11 is 2.82. The number of thioether (sulfide) groups is 1. The topological polar surface area (TPSA) is 79.1 Å². The zero-order valence-corrected chi connectivity index (χ0v) is 14.5. The first-order valence-corrected chi connectivity index (χ1v) is 9.21. The molecule has 7 nitrogen and oxygen atoms in total. The van der Waals surface area contributed by atoms with E-state index < -0.39 is 0 Å². The largest absolute Gasteiger partial charge is 0.290 e. The zero-order chi connectivity index (χ0) is 16.4. The van der Waals surface area contributed by atoms with Crippen molar-refractivity contribution in [2.75, 3.05) is 12.3 Å². The first-order valence-electron chi connectivity index (χ1n) is 7.35. The van der Waals surface area contributed by atoms with Gasteiger partial charge in [-0.25, -0.2) is 10.4 Å². The predicted molar refractivity (Wildman–Crippen MR) is 91.8 cm³/mol. The molecule has 0 bridgehead atoms. The van der Waals surface area contributed by atoms with E-state index in [1.807, 2.05) is 11.6 Å². The second kappa shape index (κ2) is 6.71. The van der Waals surface area contributed by atoms with E-state index >= 15 is 0 Å². The van der Waals surface area contributed by atoms with Crippen LogP contribution in [0.3, 0.4) is 0 Å². The first-order chi connectivity index (χ1) is 11.1. The Labute approximate surface area is 141 Å². The minimum Gasteiger partial charge on any atom is -0.289 e. The van der Waals surface area contributed by atoms with Gasteiger partial charge in [0.2, 0.25) is 5.91 Å². The molecule has 1 fully saturated rings. The van der Waals surface area contributed by atoms with E-state index in [1.54, 1.807) is 16.2 Å². The van der Waals surface area contributed by atoms with Crippen LogP contribution in [0.25, 0.3) is 4.96 Å². The van der Waals surface area contributed by atoms with Gasteiger partial charge in [-0.05, 0) is 13.3 Å². The van der Waals surface area contributed by atoms with E-state index in [-0.39, 0.29) is 11.8 Å². The second-order valence-corrected chi connectivity index (χ2v) is 6.94. The Morgan fingerprint density at radius 2 is 2.35 bits per heavy atom. The normalized spacial score (nSPS) is 16.7. The fourth-order valence-corrected chi connectivity index (χ4v) is 3.96. The van der Waals surface area contributed by atoms with Crippen molar-refractivity contribution in [1.82, 2.24) is 19.7 Å². The molecule has 2 aromatic heterocycles. The SMILES string of the molecule is CCCCN1C(=O)CS/C1=N\NC(=O)c1c(C)nc2sccn12. The Kier molecular flexibility index (Phi) is 4.67. The number of amidine groups is 1. The number of carbonyl (C=O) groups is 2. The molecule has 1 saturated heterocycles. The number of nitrogens with zero attached hydrogens (tertiary/aromatic N) is 4. The number of aryl methyl sites for hydroxylation is 1. The summed E-state index contributed by atoms with van der Waals surface area (Å²) in [6, 6.07) is 0. The van der Waals surface area contributed by atoms with Gasteiger partial charge in [0.25, 0.3) is 5.91 Å². The van der Waals surface area contributed by atoms with Gasteiger partial charge in [-0.2, -0.15) is 0 Å². The maximum absolute atomic E-state index is 12.4. The highest BCUT2D eigenvalue weighted by molar-refractivity contribution is 8.15. The number of aromatic nitrogens is 2. The van der Waals surface area contributed by atoms with E-state index in [0.717, 1.165) is 17.8 Å². The molecule has 9 heteroatoms. The molecule has 122 valence electrons. The number of imidazole rings is 1. The molecule has 2 aromatic rings. The van der Waals surface area contributed by atoms with Crippen molar-refractivity contribution < 1.29 is 9.59 Å². The molecule has 0 spiro atoms. The second-order valence-electron chi connectivity index (χ2n) is 5.12. The zero-order valence-electron chi connectivity index (χ0n) is 12.9. The number of carbonyl (C=O) groups excluding carboxylic acids is 2. The van der Waals surface area contributed by atoms with E-state index in [4.69, 9.17) is 0 Å². The Hall–Kier alpha value is -1.87. The highest BCUT2D eigenvalue weighted by Gasteiger charge is 2.28. The van der Waals surface area contributed by atoms with Crippen LogP contribution in [-0.4, -0.2) is 43.6 Å². The molecule has 0 saturated carbocycles. The number of hydrogen-bond acceptors (Lipinski definition) is 6. The Bertz CT molecular complexity index is 779. The van der Waals surface area contributed by atoms with Crippen molar-refractivity contribution in [3.8, 4) is 0 Å². The summed E-state index contributed by atoms with van der Waals surface area (Å²) < 4.78 is 1.75. The molecule has 1 aliphatic heterocycles. The number of nitrogens with one attached hydrogen (secondary N) is 1. The van der Waals surface area contributed by atoms with Crippen LogP contribution in [0, 0.1) is 6.92 Å². The third kappa shape index (κ3) is 3.11. The summed E-state index contributed by atoms with van der Waals surface area (Å²) in [6.45, 7) is 4.50. The fourth-order valence-electron chi connectivity index (χ4n) is 2.34. The van der Waals surface area contributed by atoms with Crippen LogP contribution in [0.4, 0.5) is 0 Å². The molecule has 0 aliphatic carbocycles. The average Bonchev–Trinajstić information content (AvgIpc) is 3.17. The number of fused-ring (bicyclic) bond motifs is 1. The molecule has 0 radical (unpaired) electrons. The van der Waals surface area contributed by atoms with Crippen LogP contribution in [0.5, 0.6) is 0 Å². The lowest BCUT2D eigenvalue weighted by Crippen LogP contribution is -2.32. The molecule has 2 amide bonds. The summed E-state index contributed by atoms with van der Waals surface area (Å²) in [6.07, 6.45) is 3.72. The van der Waals surface area contributed by atoms with Gasteiger partial charge in [0.1, 0.15) is 5.69 Å². The van der Waals surface area contributed by atoms with Crippen LogP contribution >= 0.6 is 23.1 Å². The minimum absolute atomic E-state index is 0.0391. The molecule has 1 N–H and O–H groups in total. The van der Waals surface area contributed by atoms with Crippen LogP contribution in [0.1, 0.15) is 35.9 Å². The number of rotatable bonds is 5. The molecule has 23 heavy (non-hydrogen) atoms. The van der Waals surface area contributed by atoms with E-state index in [2.05, 4.69) is 22.4 Å². The molecular weight excluding hydrogens is 334 g/mol. The summed E-state index contributed by atoms with van der Waals surface area (Å²) in [5.41, 5.74) is 3.69. The highest BCUT2D eigenvalue weighted by Crippen LogP contribution is 2.20. The van der Waals surface area contributed by atoms with E-state index in [9.17, 15) is 9.59 Å². The van der Waals surface area contributed by atoms with E-state index in [0.29, 0.717) is 28.9 Å². The quantitative estimate of drug-likeness (QED) is 0.837. The highest BCUT2D eigenvalue weighted by atomic mass is 32.2. The molecule has 1 aliphatic rings. The van der Waals surface area contributed by atoms with Crippen molar-refractivity contribution in [1.29, 1.82) is 0 Å². The van der Waals surface area contributed by atoms with Gasteiger partial charge in [0.05, 0.1) is 11.4 Å². The first kappa shape index (κ1) is 16.0. The van der Waals surface area contributed by atoms with Crippen LogP contribution in [-0.2, 0) is 4.79 Å². The number of hydrazone groups is 1. The molecule has 3 rings (SSSR count). The molecule has 0 atom stereocenters. The maximum Gasteiger partial charge on any atom is 0.290 e. The maximum atomic E-state index is 12.4. The lowest BCUT2D eigenvalue weighted by molar-refractivity contribution is -0.124. The summed E-state index contributed by atoms with van der Waals surface area (Å²) in [7, 11) is 0. The van der Waals surface area contributed by atoms with Crippen molar-refractivity contribution in [2.45, 2.75) is 26.7 Å². The van der Waals surface area contributed by atoms with Crippen LogP contribution in [0.15, 0.2) is 16.7 Å². The standard InChI is InChI=1S/C14H17N5O2S2/c1-3-4-5-18-10(20)8-23-14(18)17-16-12(21)11-9(2)15-13-19(11)6-7-22-13/h6-7H,3-5,8H2,1-2H3,(H,16,21)/b17-14-. The monoisotopic (exact) mass is 351 g/mol. The van der Waals surface area contributed by atoms with Gasteiger partial charge < -0.3 is 0 Å². The van der Waals surface area contributed by atoms with Gasteiger partial charge in [-0.1, -0.05) is 25.1 Å². The van der Waals surface area contributed by atoms with Gasteiger partial charge >= 0.3 is 0 Å². The lowest BCUT2D eigenvalue weighted by atomic mass is 10.3. The minimum atomic E-state index is -0.323. The number of hydrogen-bond donors (Lipinski definition) is 1. The third-order valence-electron chi connectivity index (χ3n) is 3.50. The molecular formula is C14H17N5O2S2. The number of amides is 2. The van der Waals surface area contributed by atoms with Crippen molar-refractivity contribution in [3.05, 3.63) is 23.0 Å². The van der Waals surface area contributed by atoms with Crippen LogP contribution < -0.4 is 5.43 Å². The smallest absolute Gasteiger partial charge is 0.289 e. The van der Waals surface area contributed by atoms with Gasteiger partial charge in [0.15, 0.2) is 10.1 Å². The summed E-state index contributed by atoms with van der Waals surface area (Å²) in [4.78, 5) is 31.0. The van der Waals surface area contributed by atoms with E-state index in [1.165, 1.54) is 23.1 Å². The molecule has 0 unspecified atom stereocenters. The van der Waals surface area contributed by atoms with Gasteiger partial charge in [-0.15, -0.1) is 16.4 Å². The summed E-state index contributed by atoms with van der Waals surface area (Å²) in [5.74, 6) is 0.0901. The fraction of sp³-hybridized carbons (Fsp3) is 0.429. The predicted octanol–water partition coefficient (Wildman–Crippen LogP) is 2.08. The number of thiazole rings is 1. The van der Waals surface area contributed by atoms with Crippen LogP contribution in [0.2, 0.25) is 0 Å². The third-order valence-corrected chi connectivity index (χ3v) is 5.21.